The van der Waals surface area contributed by atoms with Crippen LogP contribution in [-0.4, -0.2) is 34.7 Å². The molecule has 1 aromatic rings. The molecular formula is C15H21F3N4O2. The summed E-state index contributed by atoms with van der Waals surface area (Å²) in [6.45, 7) is -1.45. The van der Waals surface area contributed by atoms with Crippen LogP contribution in [0.2, 0.25) is 0 Å². The largest absolute Gasteiger partial charge is 0.405 e. The van der Waals surface area contributed by atoms with E-state index in [0.29, 0.717) is 5.92 Å². The third-order valence-corrected chi connectivity index (χ3v) is 3.97. The van der Waals surface area contributed by atoms with Gasteiger partial charge in [0.25, 0.3) is 0 Å². The first-order valence-corrected chi connectivity index (χ1v) is 8.02. The average molecular weight is 346 g/mol. The minimum absolute atomic E-state index is 0.280. The van der Waals surface area contributed by atoms with Crippen LogP contribution in [0, 0.1) is 0 Å². The number of hydrogen-bond donors (Lipinski definition) is 3. The number of carbonyl (C=O) groups is 2. The predicted molar refractivity (Wildman–Crippen MR) is 81.3 cm³/mol. The second-order valence-corrected chi connectivity index (χ2v) is 6.01. The van der Waals surface area contributed by atoms with Crippen LogP contribution in [0.4, 0.5) is 19.0 Å². The van der Waals surface area contributed by atoms with Crippen LogP contribution in [0.25, 0.3) is 0 Å². The monoisotopic (exact) mass is 346 g/mol. The quantitative estimate of drug-likeness (QED) is 0.566. The summed E-state index contributed by atoms with van der Waals surface area (Å²) in [5, 5.41) is 11.0. The lowest BCUT2D eigenvalue weighted by Gasteiger charge is -2.10. The maximum absolute atomic E-state index is 12.0. The predicted octanol–water partition coefficient (Wildman–Crippen LogP) is 2.85. The first kappa shape index (κ1) is 18.3. The van der Waals surface area contributed by atoms with Gasteiger partial charge in [-0.05, 0) is 12.8 Å². The fraction of sp³-hybridized carbons (Fsp3) is 0.667. The number of amides is 2. The lowest BCUT2D eigenvalue weighted by atomic mass is 9.97. The molecular weight excluding hydrogens is 325 g/mol. The van der Waals surface area contributed by atoms with Crippen LogP contribution >= 0.6 is 0 Å². The van der Waals surface area contributed by atoms with Gasteiger partial charge in [0.05, 0.1) is 0 Å². The summed E-state index contributed by atoms with van der Waals surface area (Å²) in [5.74, 6) is -1.03. The van der Waals surface area contributed by atoms with Gasteiger partial charge in [-0.25, -0.2) is 0 Å². The average Bonchev–Trinajstić information content (AvgIpc) is 2.78. The number of anilines is 1. The Hall–Kier alpha value is -2.06. The van der Waals surface area contributed by atoms with Gasteiger partial charge >= 0.3 is 6.18 Å². The Labute approximate surface area is 137 Å². The lowest BCUT2D eigenvalue weighted by Crippen LogP contribution is -2.35. The van der Waals surface area contributed by atoms with Crippen molar-refractivity contribution in [3.05, 3.63) is 11.8 Å². The van der Waals surface area contributed by atoms with Crippen LogP contribution in [-0.2, 0) is 9.59 Å². The molecule has 6 nitrogen and oxygen atoms in total. The molecule has 0 aromatic carbocycles. The number of nitrogens with one attached hydrogen (secondary N) is 3. The van der Waals surface area contributed by atoms with E-state index in [-0.39, 0.29) is 5.82 Å². The summed E-state index contributed by atoms with van der Waals surface area (Å²) in [7, 11) is 0. The summed E-state index contributed by atoms with van der Waals surface area (Å²) in [5.41, 5.74) is 0.939. The molecule has 2 amide bonds. The third-order valence-electron chi connectivity index (χ3n) is 3.97. The van der Waals surface area contributed by atoms with Crippen LogP contribution < -0.4 is 10.6 Å². The van der Waals surface area contributed by atoms with E-state index >= 15 is 0 Å². The van der Waals surface area contributed by atoms with Crippen molar-refractivity contribution < 1.29 is 22.8 Å². The molecule has 2 rings (SSSR count). The summed E-state index contributed by atoms with van der Waals surface area (Å²) >= 11 is 0. The summed E-state index contributed by atoms with van der Waals surface area (Å²) in [6.07, 6.45) is 1.71. The van der Waals surface area contributed by atoms with Gasteiger partial charge in [0.1, 0.15) is 13.0 Å². The van der Waals surface area contributed by atoms with Crippen molar-refractivity contribution in [2.24, 2.45) is 0 Å². The van der Waals surface area contributed by atoms with Crippen LogP contribution in [0.3, 0.4) is 0 Å². The molecule has 134 valence electrons. The second kappa shape index (κ2) is 8.16. The molecule has 0 unspecified atom stereocenters. The number of aromatic amines is 1. The van der Waals surface area contributed by atoms with E-state index in [9.17, 15) is 22.8 Å². The number of halogens is 3. The summed E-state index contributed by atoms with van der Waals surface area (Å²) < 4.78 is 35.9. The number of nitrogens with zero attached hydrogens (tertiary/aromatic N) is 1. The van der Waals surface area contributed by atoms with E-state index in [1.54, 1.807) is 11.4 Å². The highest BCUT2D eigenvalue weighted by Gasteiger charge is 2.28. The molecule has 3 N–H and O–H groups in total. The van der Waals surface area contributed by atoms with Gasteiger partial charge in [-0.2, -0.15) is 18.3 Å². The Kier molecular flexibility index (Phi) is 6.22. The fourth-order valence-electron chi connectivity index (χ4n) is 2.79. The number of alkyl halides is 3. The van der Waals surface area contributed by atoms with Crippen LogP contribution in [0.5, 0.6) is 0 Å². The molecule has 9 heteroatoms. The molecule has 0 bridgehead atoms. The highest BCUT2D eigenvalue weighted by molar-refractivity contribution is 6.03. The maximum atomic E-state index is 12.0. The second-order valence-electron chi connectivity index (χ2n) is 6.01. The van der Waals surface area contributed by atoms with Crippen LogP contribution in [0.15, 0.2) is 6.07 Å². The molecule has 24 heavy (non-hydrogen) atoms. The van der Waals surface area contributed by atoms with Gasteiger partial charge in [0.2, 0.25) is 11.8 Å². The van der Waals surface area contributed by atoms with Gasteiger partial charge in [0, 0.05) is 17.7 Å². The molecule has 0 spiro atoms. The number of H-pyrrole nitrogens is 1. The van der Waals surface area contributed by atoms with Crippen LogP contribution in [0.1, 0.15) is 56.6 Å². The van der Waals surface area contributed by atoms with Crippen molar-refractivity contribution in [3.63, 3.8) is 0 Å². The zero-order chi connectivity index (χ0) is 17.6. The van der Waals surface area contributed by atoms with Crippen molar-refractivity contribution in [3.8, 4) is 0 Å². The molecule has 1 aliphatic rings. The summed E-state index contributed by atoms with van der Waals surface area (Å²) in [6, 6.07) is 1.72. The van der Waals surface area contributed by atoms with E-state index in [0.717, 1.165) is 31.4 Å². The van der Waals surface area contributed by atoms with E-state index in [1.807, 2.05) is 0 Å². The van der Waals surface area contributed by atoms with Crippen molar-refractivity contribution >= 4 is 17.6 Å². The molecule has 1 fully saturated rings. The number of hydrogen-bond acceptors (Lipinski definition) is 3. The molecule has 0 aliphatic heterocycles. The Bertz CT molecular complexity index is 563. The number of carbonyl (C=O) groups excluding carboxylic acids is 2. The van der Waals surface area contributed by atoms with Gasteiger partial charge in [-0.1, -0.05) is 25.7 Å². The highest BCUT2D eigenvalue weighted by Crippen LogP contribution is 2.31. The topological polar surface area (TPSA) is 86.9 Å². The van der Waals surface area contributed by atoms with Gasteiger partial charge in [-0.15, -0.1) is 0 Å². The van der Waals surface area contributed by atoms with E-state index in [2.05, 4.69) is 15.5 Å². The Morgan fingerprint density at radius 2 is 1.83 bits per heavy atom. The first-order chi connectivity index (χ1) is 11.3. The number of aromatic nitrogens is 2. The van der Waals surface area contributed by atoms with Crippen molar-refractivity contribution in [2.45, 2.75) is 57.0 Å². The van der Waals surface area contributed by atoms with E-state index < -0.39 is 31.0 Å². The molecule has 1 aromatic heterocycles. The smallest absolute Gasteiger partial charge is 0.347 e. The normalized spacial score (nSPS) is 16.5. The van der Waals surface area contributed by atoms with Crippen molar-refractivity contribution in [1.29, 1.82) is 0 Å². The van der Waals surface area contributed by atoms with Gasteiger partial charge < -0.3 is 10.6 Å². The zero-order valence-corrected chi connectivity index (χ0v) is 13.2. The van der Waals surface area contributed by atoms with E-state index in [1.165, 1.54) is 12.8 Å². The Morgan fingerprint density at radius 3 is 2.46 bits per heavy atom. The third kappa shape index (κ3) is 6.21. The Balaban J connectivity index is 1.80. The van der Waals surface area contributed by atoms with E-state index in [4.69, 9.17) is 0 Å². The minimum Gasteiger partial charge on any atom is -0.347 e. The molecule has 0 saturated heterocycles. The summed E-state index contributed by atoms with van der Waals surface area (Å²) in [4.78, 5) is 23.0. The van der Waals surface area contributed by atoms with Crippen molar-refractivity contribution in [2.75, 3.05) is 11.9 Å². The molecule has 1 aliphatic carbocycles. The van der Waals surface area contributed by atoms with Gasteiger partial charge in [-0.3, -0.25) is 14.7 Å². The number of rotatable bonds is 5. The molecule has 1 saturated carbocycles. The minimum atomic E-state index is -4.50. The highest BCUT2D eigenvalue weighted by atomic mass is 19.4. The first-order valence-electron chi connectivity index (χ1n) is 8.02. The fourth-order valence-corrected chi connectivity index (χ4v) is 2.79. The van der Waals surface area contributed by atoms with Crippen molar-refractivity contribution in [1.82, 2.24) is 15.5 Å². The molecule has 0 radical (unpaired) electrons. The zero-order valence-electron chi connectivity index (χ0n) is 13.2. The lowest BCUT2D eigenvalue weighted by molar-refractivity contribution is -0.140. The standard InChI is InChI=1S/C15H21F3N4O2/c16-15(17,18)9-19-13(23)8-14(24)20-12-7-11(21-22-12)10-5-3-1-2-4-6-10/h7,10H,1-6,8-9H2,(H,19,23)(H2,20,21,22,24). The Morgan fingerprint density at radius 1 is 1.17 bits per heavy atom. The maximum Gasteiger partial charge on any atom is 0.405 e. The molecule has 1 heterocycles. The van der Waals surface area contributed by atoms with Gasteiger partial charge in [0.15, 0.2) is 5.82 Å². The SMILES string of the molecule is O=C(CC(=O)Nc1cc(C2CCCCCC2)[nH]n1)NCC(F)(F)F. The molecule has 0 atom stereocenters.